The molecule has 0 N–H and O–H groups in total. The molecule has 0 amide bonds. The molecule has 0 unspecified atom stereocenters. The molecule has 3 rings (SSSR count). The number of aromatic nitrogens is 2. The third kappa shape index (κ3) is 3.46. The SMILES string of the molecule is COc1ccc(CC(=O)OCc2cc(=O)n3c(C)csc3n2)cc1. The van der Waals surface area contributed by atoms with Crippen LogP contribution in [0.3, 0.4) is 0 Å². The van der Waals surface area contributed by atoms with Gasteiger partial charge in [0.25, 0.3) is 5.56 Å². The maximum Gasteiger partial charge on any atom is 0.310 e. The molecule has 0 saturated carbocycles. The zero-order valence-electron chi connectivity index (χ0n) is 13.3. The van der Waals surface area contributed by atoms with Gasteiger partial charge in [-0.1, -0.05) is 12.1 Å². The second-order valence-electron chi connectivity index (χ2n) is 5.27. The fraction of sp³-hybridized carbons (Fsp3) is 0.235. The second-order valence-corrected chi connectivity index (χ2v) is 6.10. The van der Waals surface area contributed by atoms with Gasteiger partial charge in [0, 0.05) is 17.1 Å². The van der Waals surface area contributed by atoms with Crippen molar-refractivity contribution in [3.8, 4) is 5.75 Å². The van der Waals surface area contributed by atoms with E-state index in [0.29, 0.717) is 10.7 Å². The van der Waals surface area contributed by atoms with Crippen molar-refractivity contribution in [3.63, 3.8) is 0 Å². The predicted molar refractivity (Wildman–Crippen MR) is 90.6 cm³/mol. The number of hydrogen-bond donors (Lipinski definition) is 0. The largest absolute Gasteiger partial charge is 0.497 e. The number of methoxy groups -OCH3 is 1. The van der Waals surface area contributed by atoms with Crippen molar-refractivity contribution >= 4 is 22.3 Å². The van der Waals surface area contributed by atoms with E-state index in [2.05, 4.69) is 4.98 Å². The van der Waals surface area contributed by atoms with Crippen LogP contribution in [0.1, 0.15) is 17.0 Å². The van der Waals surface area contributed by atoms with Gasteiger partial charge in [-0.3, -0.25) is 14.0 Å². The van der Waals surface area contributed by atoms with E-state index in [-0.39, 0.29) is 24.6 Å². The van der Waals surface area contributed by atoms with Gasteiger partial charge in [-0.15, -0.1) is 11.3 Å². The van der Waals surface area contributed by atoms with E-state index in [1.165, 1.54) is 21.8 Å². The van der Waals surface area contributed by atoms with Crippen LogP contribution in [0.25, 0.3) is 4.96 Å². The Balaban J connectivity index is 1.64. The molecule has 0 spiro atoms. The molecule has 0 radical (unpaired) electrons. The van der Waals surface area contributed by atoms with Gasteiger partial charge in [-0.2, -0.15) is 0 Å². The fourth-order valence-corrected chi connectivity index (χ4v) is 3.18. The molecule has 7 heteroatoms. The molecule has 124 valence electrons. The van der Waals surface area contributed by atoms with Gasteiger partial charge in [0.2, 0.25) is 0 Å². The summed E-state index contributed by atoms with van der Waals surface area (Å²) in [5.74, 6) is 0.362. The lowest BCUT2D eigenvalue weighted by atomic mass is 10.1. The minimum absolute atomic E-state index is 0.0162. The Morgan fingerprint density at radius 1 is 1.29 bits per heavy atom. The van der Waals surface area contributed by atoms with Crippen molar-refractivity contribution in [1.82, 2.24) is 9.38 Å². The van der Waals surface area contributed by atoms with Crippen molar-refractivity contribution in [2.75, 3.05) is 7.11 Å². The number of fused-ring (bicyclic) bond motifs is 1. The van der Waals surface area contributed by atoms with Crippen LogP contribution in [0.2, 0.25) is 0 Å². The van der Waals surface area contributed by atoms with Crippen molar-refractivity contribution in [3.05, 3.63) is 63.0 Å². The molecular formula is C17H16N2O4S. The van der Waals surface area contributed by atoms with Crippen LogP contribution in [-0.2, 0) is 22.6 Å². The molecule has 0 bridgehead atoms. The van der Waals surface area contributed by atoms with Gasteiger partial charge in [0.15, 0.2) is 4.96 Å². The lowest BCUT2D eigenvalue weighted by Crippen LogP contribution is -2.16. The fourth-order valence-electron chi connectivity index (χ4n) is 2.29. The Hall–Kier alpha value is -2.67. The summed E-state index contributed by atoms with van der Waals surface area (Å²) < 4.78 is 11.8. The third-order valence-corrected chi connectivity index (χ3v) is 4.46. The van der Waals surface area contributed by atoms with E-state index in [1.807, 2.05) is 24.4 Å². The van der Waals surface area contributed by atoms with Gasteiger partial charge in [-0.25, -0.2) is 4.98 Å². The van der Waals surface area contributed by atoms with E-state index >= 15 is 0 Å². The van der Waals surface area contributed by atoms with Crippen molar-refractivity contribution in [2.45, 2.75) is 20.0 Å². The molecule has 0 atom stereocenters. The van der Waals surface area contributed by atoms with E-state index in [0.717, 1.165) is 17.0 Å². The highest BCUT2D eigenvalue weighted by Crippen LogP contribution is 2.13. The second kappa shape index (κ2) is 6.84. The summed E-state index contributed by atoms with van der Waals surface area (Å²) in [4.78, 5) is 28.9. The number of nitrogens with zero attached hydrogens (tertiary/aromatic N) is 2. The average molecular weight is 344 g/mol. The van der Waals surface area contributed by atoms with Gasteiger partial charge < -0.3 is 9.47 Å². The Labute approximate surface area is 142 Å². The Kier molecular flexibility index (Phi) is 4.61. The quantitative estimate of drug-likeness (QED) is 0.665. The Bertz CT molecular complexity index is 928. The standard InChI is InChI=1S/C17H16N2O4S/c1-11-10-24-17-18-13(8-15(20)19(11)17)9-23-16(21)7-12-3-5-14(22-2)6-4-12/h3-6,8,10H,7,9H2,1-2H3. The van der Waals surface area contributed by atoms with Crippen LogP contribution in [0.15, 0.2) is 40.5 Å². The van der Waals surface area contributed by atoms with E-state index in [1.54, 1.807) is 19.2 Å². The molecule has 2 aromatic heterocycles. The zero-order chi connectivity index (χ0) is 17.1. The smallest absolute Gasteiger partial charge is 0.310 e. The average Bonchev–Trinajstić information content (AvgIpc) is 2.95. The van der Waals surface area contributed by atoms with Crippen LogP contribution >= 0.6 is 11.3 Å². The number of carbonyl (C=O) groups is 1. The van der Waals surface area contributed by atoms with Crippen LogP contribution < -0.4 is 10.3 Å². The number of benzene rings is 1. The molecule has 2 heterocycles. The molecular weight excluding hydrogens is 328 g/mol. The predicted octanol–water partition coefficient (Wildman–Crippen LogP) is 2.36. The van der Waals surface area contributed by atoms with Gasteiger partial charge in [0.1, 0.15) is 12.4 Å². The van der Waals surface area contributed by atoms with Crippen molar-refractivity contribution in [2.24, 2.45) is 0 Å². The van der Waals surface area contributed by atoms with Crippen LogP contribution in [0.4, 0.5) is 0 Å². The van der Waals surface area contributed by atoms with Crippen LogP contribution in [0, 0.1) is 6.92 Å². The summed E-state index contributed by atoms with van der Waals surface area (Å²) in [6.07, 6.45) is 0.156. The molecule has 0 aliphatic heterocycles. The number of ether oxygens (including phenoxy) is 2. The molecule has 0 aliphatic rings. The lowest BCUT2D eigenvalue weighted by molar-refractivity contribution is -0.144. The van der Waals surface area contributed by atoms with Gasteiger partial charge in [0.05, 0.1) is 19.2 Å². The number of thiazole rings is 1. The lowest BCUT2D eigenvalue weighted by Gasteiger charge is -2.06. The highest BCUT2D eigenvalue weighted by molar-refractivity contribution is 7.15. The van der Waals surface area contributed by atoms with E-state index < -0.39 is 0 Å². The van der Waals surface area contributed by atoms with E-state index in [4.69, 9.17) is 9.47 Å². The summed E-state index contributed by atoms with van der Waals surface area (Å²) in [5.41, 5.74) is 1.96. The number of esters is 1. The molecule has 0 fully saturated rings. The summed E-state index contributed by atoms with van der Waals surface area (Å²) in [6, 6.07) is 8.60. The minimum Gasteiger partial charge on any atom is -0.497 e. The summed E-state index contributed by atoms with van der Waals surface area (Å²) >= 11 is 1.38. The molecule has 24 heavy (non-hydrogen) atoms. The minimum atomic E-state index is -0.371. The van der Waals surface area contributed by atoms with Gasteiger partial charge >= 0.3 is 5.97 Å². The number of aryl methyl sites for hydroxylation is 1. The van der Waals surface area contributed by atoms with Crippen molar-refractivity contribution in [1.29, 1.82) is 0 Å². The molecule has 0 aliphatic carbocycles. The van der Waals surface area contributed by atoms with Crippen LogP contribution in [0.5, 0.6) is 5.75 Å². The first-order chi connectivity index (χ1) is 11.6. The first-order valence-corrected chi connectivity index (χ1v) is 8.20. The highest BCUT2D eigenvalue weighted by Gasteiger charge is 2.10. The molecule has 0 saturated heterocycles. The molecule has 1 aromatic carbocycles. The first kappa shape index (κ1) is 16.2. The summed E-state index contributed by atoms with van der Waals surface area (Å²) in [5, 5.41) is 1.86. The highest BCUT2D eigenvalue weighted by atomic mass is 32.1. The van der Waals surface area contributed by atoms with Gasteiger partial charge in [-0.05, 0) is 24.6 Å². The number of rotatable bonds is 5. The maximum atomic E-state index is 12.1. The topological polar surface area (TPSA) is 69.9 Å². The molecule has 6 nitrogen and oxygen atoms in total. The Morgan fingerprint density at radius 2 is 2.04 bits per heavy atom. The third-order valence-electron chi connectivity index (χ3n) is 3.52. The number of carbonyl (C=O) groups excluding carboxylic acids is 1. The van der Waals surface area contributed by atoms with Crippen LogP contribution in [-0.4, -0.2) is 22.5 Å². The monoisotopic (exact) mass is 344 g/mol. The van der Waals surface area contributed by atoms with E-state index in [9.17, 15) is 9.59 Å². The Morgan fingerprint density at radius 3 is 2.75 bits per heavy atom. The normalized spacial score (nSPS) is 10.8. The zero-order valence-corrected chi connectivity index (χ0v) is 14.1. The summed E-state index contributed by atoms with van der Waals surface area (Å²) in [7, 11) is 1.59. The molecule has 3 aromatic rings. The first-order valence-electron chi connectivity index (χ1n) is 7.32. The number of hydrogen-bond acceptors (Lipinski definition) is 6. The maximum absolute atomic E-state index is 12.1. The summed E-state index contributed by atoms with van der Waals surface area (Å²) in [6.45, 7) is 1.83. The van der Waals surface area contributed by atoms with Crippen molar-refractivity contribution < 1.29 is 14.3 Å².